The molecule has 1 aliphatic heterocycles. The zero-order valence-electron chi connectivity index (χ0n) is 18.3. The molecule has 1 atom stereocenters. The Morgan fingerprint density at radius 3 is 2.64 bits per heavy atom. The predicted molar refractivity (Wildman–Crippen MR) is 134 cm³/mol. The number of benzene rings is 3. The molecule has 170 valence electrons. The Balaban J connectivity index is 1.53. The molecule has 0 unspecified atom stereocenters. The van der Waals surface area contributed by atoms with E-state index >= 15 is 0 Å². The van der Waals surface area contributed by atoms with Gasteiger partial charge in [-0.25, -0.2) is 0 Å². The van der Waals surface area contributed by atoms with Gasteiger partial charge in [0, 0.05) is 44.2 Å². The Morgan fingerprint density at radius 2 is 1.88 bits per heavy atom. The number of amides is 1. The number of nitrogens with zero attached hydrogens (tertiary/aromatic N) is 2. The van der Waals surface area contributed by atoms with Gasteiger partial charge in [0.2, 0.25) is 0 Å². The zero-order chi connectivity index (χ0) is 23.2. The monoisotopic (exact) mass is 480 g/mol. The van der Waals surface area contributed by atoms with E-state index in [9.17, 15) is 10.1 Å². The van der Waals surface area contributed by atoms with Gasteiger partial charge in [0.15, 0.2) is 0 Å². The summed E-state index contributed by atoms with van der Waals surface area (Å²) in [6.45, 7) is 5.44. The van der Waals surface area contributed by atoms with E-state index in [1.165, 1.54) is 0 Å². The smallest absolute Gasteiger partial charge is 0.251 e. The summed E-state index contributed by atoms with van der Waals surface area (Å²) in [5, 5.41) is 18.6. The van der Waals surface area contributed by atoms with Crippen LogP contribution in [0.1, 0.15) is 33.8 Å². The van der Waals surface area contributed by atoms with Gasteiger partial charge in [-0.05, 0) is 53.6 Å². The molecular weight excluding hydrogens is 455 g/mol. The summed E-state index contributed by atoms with van der Waals surface area (Å²) in [7, 11) is 0. The highest BCUT2D eigenvalue weighted by Gasteiger charge is 2.19. The molecule has 3 aromatic carbocycles. The van der Waals surface area contributed by atoms with Crippen molar-refractivity contribution < 1.29 is 4.79 Å². The molecule has 5 nitrogen and oxygen atoms in total. The molecule has 1 heterocycles. The van der Waals surface area contributed by atoms with E-state index in [0.717, 1.165) is 55.5 Å². The lowest BCUT2D eigenvalue weighted by atomic mass is 9.94. The number of nitrogens with one attached hydrogen (secondary N) is 2. The van der Waals surface area contributed by atoms with Gasteiger partial charge in [-0.1, -0.05) is 53.5 Å². The Labute approximate surface area is 204 Å². The van der Waals surface area contributed by atoms with Crippen LogP contribution in [0.4, 0.5) is 0 Å². The fraction of sp³-hybridized carbons (Fsp3) is 0.308. The first-order valence-electron chi connectivity index (χ1n) is 11.1. The van der Waals surface area contributed by atoms with E-state index < -0.39 is 0 Å². The lowest BCUT2D eigenvalue weighted by Crippen LogP contribution is -2.44. The highest BCUT2D eigenvalue weighted by molar-refractivity contribution is 6.42. The fourth-order valence-electron chi connectivity index (χ4n) is 4.30. The van der Waals surface area contributed by atoms with Crippen LogP contribution in [0, 0.1) is 11.3 Å². The molecule has 0 spiro atoms. The van der Waals surface area contributed by atoms with E-state index in [0.29, 0.717) is 27.7 Å². The van der Waals surface area contributed by atoms with Gasteiger partial charge in [0.25, 0.3) is 5.91 Å². The van der Waals surface area contributed by atoms with E-state index in [-0.39, 0.29) is 11.8 Å². The number of piperazine rings is 1. The molecule has 1 saturated heterocycles. The van der Waals surface area contributed by atoms with E-state index in [1.54, 1.807) is 12.1 Å². The Hall–Kier alpha value is -2.62. The summed E-state index contributed by atoms with van der Waals surface area (Å²) in [5.74, 6) is -0.0976. The number of hydrogen-bond donors (Lipinski definition) is 2. The Bertz CT molecular complexity index is 1180. The summed E-state index contributed by atoms with van der Waals surface area (Å²) in [5.41, 5.74) is 2.04. The first-order chi connectivity index (χ1) is 16.0. The number of halogens is 2. The molecule has 7 heteroatoms. The van der Waals surface area contributed by atoms with Crippen LogP contribution in [0.2, 0.25) is 10.0 Å². The zero-order valence-corrected chi connectivity index (χ0v) is 19.8. The van der Waals surface area contributed by atoms with Crippen molar-refractivity contribution >= 4 is 39.9 Å². The second-order valence-electron chi connectivity index (χ2n) is 8.32. The number of rotatable bonds is 7. The maximum Gasteiger partial charge on any atom is 0.251 e. The maximum atomic E-state index is 13.2. The highest BCUT2D eigenvalue weighted by atomic mass is 35.5. The summed E-state index contributed by atoms with van der Waals surface area (Å²) in [6, 6.07) is 18.9. The van der Waals surface area contributed by atoms with Gasteiger partial charge in [0.1, 0.15) is 0 Å². The van der Waals surface area contributed by atoms with E-state index in [4.69, 9.17) is 23.2 Å². The van der Waals surface area contributed by atoms with Gasteiger partial charge < -0.3 is 15.5 Å². The van der Waals surface area contributed by atoms with Crippen LogP contribution < -0.4 is 10.6 Å². The molecule has 0 radical (unpaired) electrons. The van der Waals surface area contributed by atoms with Crippen molar-refractivity contribution in [1.82, 2.24) is 15.5 Å². The normalized spacial score (nSPS) is 15.2. The SMILES string of the molecule is N#Cc1cc(C(=O)NC[C@@H](CCN2CCNCC2)c2ccc(Cl)c(Cl)c2)c2ccccc2c1. The number of nitriles is 1. The first kappa shape index (κ1) is 23.5. The summed E-state index contributed by atoms with van der Waals surface area (Å²) in [6.07, 6.45) is 0.886. The van der Waals surface area contributed by atoms with Crippen molar-refractivity contribution in [2.45, 2.75) is 12.3 Å². The Morgan fingerprint density at radius 1 is 1.09 bits per heavy atom. The topological polar surface area (TPSA) is 68.2 Å². The van der Waals surface area contributed by atoms with Crippen LogP contribution in [0.25, 0.3) is 10.8 Å². The average Bonchev–Trinajstić information content (AvgIpc) is 2.85. The van der Waals surface area contributed by atoms with Crippen molar-refractivity contribution in [2.24, 2.45) is 0 Å². The minimum absolute atomic E-state index is 0.0871. The van der Waals surface area contributed by atoms with Crippen molar-refractivity contribution in [1.29, 1.82) is 5.26 Å². The van der Waals surface area contributed by atoms with Crippen LogP contribution in [-0.2, 0) is 0 Å². The summed E-state index contributed by atoms with van der Waals surface area (Å²) in [4.78, 5) is 15.6. The molecule has 33 heavy (non-hydrogen) atoms. The quantitative estimate of drug-likeness (QED) is 0.508. The highest BCUT2D eigenvalue weighted by Crippen LogP contribution is 2.28. The van der Waals surface area contributed by atoms with Gasteiger partial charge in [-0.2, -0.15) is 5.26 Å². The number of carbonyl (C=O) groups excluding carboxylic acids is 1. The molecule has 1 fully saturated rings. The molecule has 1 aliphatic rings. The third kappa shape index (κ3) is 5.85. The minimum atomic E-state index is -0.185. The molecule has 4 rings (SSSR count). The van der Waals surface area contributed by atoms with E-state index in [2.05, 4.69) is 21.6 Å². The largest absolute Gasteiger partial charge is 0.351 e. The third-order valence-corrected chi connectivity index (χ3v) is 6.90. The van der Waals surface area contributed by atoms with Crippen LogP contribution in [-0.4, -0.2) is 50.1 Å². The van der Waals surface area contributed by atoms with Gasteiger partial charge in [-0.3, -0.25) is 4.79 Å². The van der Waals surface area contributed by atoms with Gasteiger partial charge in [-0.15, -0.1) is 0 Å². The van der Waals surface area contributed by atoms with Crippen LogP contribution in [0.5, 0.6) is 0 Å². The predicted octanol–water partition coefficient (Wildman–Crippen LogP) is 4.83. The molecule has 0 aliphatic carbocycles. The maximum absolute atomic E-state index is 13.2. The Kier molecular flexibility index (Phi) is 7.85. The van der Waals surface area contributed by atoms with Crippen molar-refractivity contribution in [3.63, 3.8) is 0 Å². The fourth-order valence-corrected chi connectivity index (χ4v) is 4.61. The second-order valence-corrected chi connectivity index (χ2v) is 9.13. The molecule has 0 aromatic heterocycles. The summed E-state index contributed by atoms with van der Waals surface area (Å²) < 4.78 is 0. The first-order valence-corrected chi connectivity index (χ1v) is 11.9. The molecule has 3 aromatic rings. The molecule has 0 saturated carbocycles. The van der Waals surface area contributed by atoms with Crippen LogP contribution in [0.15, 0.2) is 54.6 Å². The molecule has 0 bridgehead atoms. The lowest BCUT2D eigenvalue weighted by molar-refractivity contribution is 0.0951. The van der Waals surface area contributed by atoms with Crippen LogP contribution >= 0.6 is 23.2 Å². The second kappa shape index (κ2) is 11.0. The number of carbonyl (C=O) groups is 1. The summed E-state index contributed by atoms with van der Waals surface area (Å²) >= 11 is 12.4. The number of hydrogen-bond acceptors (Lipinski definition) is 4. The standard InChI is InChI=1S/C26H26Cl2N4O/c27-24-6-5-19(15-25(24)28)21(7-10-32-11-8-30-9-12-32)17-31-26(33)23-14-18(16-29)13-20-3-1-2-4-22(20)23/h1-6,13-15,21,30H,7-12,17H2,(H,31,33)/t21-/m1/s1. The van der Waals surface area contributed by atoms with Gasteiger partial charge in [0.05, 0.1) is 21.7 Å². The number of fused-ring (bicyclic) bond motifs is 1. The van der Waals surface area contributed by atoms with E-state index in [1.807, 2.05) is 42.5 Å². The van der Waals surface area contributed by atoms with Crippen molar-refractivity contribution in [3.05, 3.63) is 81.3 Å². The van der Waals surface area contributed by atoms with Crippen molar-refractivity contribution in [2.75, 3.05) is 39.3 Å². The molecule has 2 N–H and O–H groups in total. The minimum Gasteiger partial charge on any atom is -0.351 e. The molecule has 1 amide bonds. The third-order valence-electron chi connectivity index (χ3n) is 6.16. The lowest BCUT2D eigenvalue weighted by Gasteiger charge is -2.29. The van der Waals surface area contributed by atoms with Crippen LogP contribution in [0.3, 0.4) is 0 Å². The average molecular weight is 481 g/mol. The molecular formula is C26H26Cl2N4O. The van der Waals surface area contributed by atoms with Gasteiger partial charge >= 0.3 is 0 Å². The van der Waals surface area contributed by atoms with Crippen molar-refractivity contribution in [3.8, 4) is 6.07 Å².